The molecule has 0 aliphatic carbocycles. The van der Waals surface area contributed by atoms with Crippen LogP contribution in [0.2, 0.25) is 0 Å². The number of fused-ring (bicyclic) bond motifs is 1. The van der Waals surface area contributed by atoms with Crippen molar-refractivity contribution in [1.29, 1.82) is 0 Å². The molecule has 0 fully saturated rings. The van der Waals surface area contributed by atoms with Gasteiger partial charge >= 0.3 is 6.03 Å². The Labute approximate surface area is 85.7 Å². The summed E-state index contributed by atoms with van der Waals surface area (Å²) in [5.74, 6) is 0. The van der Waals surface area contributed by atoms with Gasteiger partial charge in [-0.3, -0.25) is 0 Å². The predicted octanol–water partition coefficient (Wildman–Crippen LogP) is 2.65. The van der Waals surface area contributed by atoms with Gasteiger partial charge in [-0.25, -0.2) is 4.79 Å². The van der Waals surface area contributed by atoms with Gasteiger partial charge in [-0.15, -0.1) is 11.3 Å². The highest BCUT2D eigenvalue weighted by Crippen LogP contribution is 2.23. The molecule has 0 aliphatic heterocycles. The van der Waals surface area contributed by atoms with Crippen LogP contribution in [0.5, 0.6) is 0 Å². The lowest BCUT2D eigenvalue weighted by molar-refractivity contribution is 0.254. The van der Waals surface area contributed by atoms with E-state index in [1.165, 1.54) is 4.70 Å². The van der Waals surface area contributed by atoms with E-state index in [0.717, 1.165) is 11.1 Å². The largest absolute Gasteiger partial charge is 0.341 e. The molecule has 72 valence electrons. The fourth-order valence-corrected chi connectivity index (χ4v) is 2.01. The molecule has 4 heteroatoms. The number of rotatable bonds is 1. The van der Waals surface area contributed by atoms with E-state index in [2.05, 4.69) is 10.6 Å². The van der Waals surface area contributed by atoms with E-state index in [9.17, 15) is 4.79 Å². The van der Waals surface area contributed by atoms with Crippen molar-refractivity contribution in [3.63, 3.8) is 0 Å². The van der Waals surface area contributed by atoms with Crippen molar-refractivity contribution in [1.82, 2.24) is 5.32 Å². The number of carbonyl (C=O) groups excluding carboxylic acids is 1. The number of nitrogens with one attached hydrogen (secondary N) is 2. The predicted molar refractivity (Wildman–Crippen MR) is 59.9 cm³/mol. The molecular weight excluding hydrogens is 196 g/mol. The maximum Gasteiger partial charge on any atom is 0.318 e. The molecule has 1 aromatic heterocycles. The molecule has 0 unspecified atom stereocenters. The molecule has 14 heavy (non-hydrogen) atoms. The molecule has 1 heterocycles. The van der Waals surface area contributed by atoms with Crippen LogP contribution in [0.4, 0.5) is 10.5 Å². The molecule has 0 bridgehead atoms. The molecule has 2 aromatic rings. The average molecular weight is 206 g/mol. The highest BCUT2D eigenvalue weighted by Gasteiger charge is 2.00. The monoisotopic (exact) mass is 206 g/mol. The van der Waals surface area contributed by atoms with Crippen molar-refractivity contribution in [3.8, 4) is 0 Å². The van der Waals surface area contributed by atoms with Crippen molar-refractivity contribution in [3.05, 3.63) is 29.6 Å². The summed E-state index contributed by atoms with van der Waals surface area (Å²) in [6.45, 7) is 0. The van der Waals surface area contributed by atoms with Gasteiger partial charge in [0.15, 0.2) is 0 Å². The lowest BCUT2D eigenvalue weighted by atomic mass is 10.2. The van der Waals surface area contributed by atoms with Gasteiger partial charge < -0.3 is 10.6 Å². The van der Waals surface area contributed by atoms with E-state index in [0.29, 0.717) is 0 Å². The molecule has 0 saturated heterocycles. The fraction of sp³-hybridized carbons (Fsp3) is 0.100. The van der Waals surface area contributed by atoms with Gasteiger partial charge in [0.1, 0.15) is 0 Å². The first-order chi connectivity index (χ1) is 6.79. The van der Waals surface area contributed by atoms with Gasteiger partial charge in [-0.2, -0.15) is 0 Å². The second-order valence-electron chi connectivity index (χ2n) is 2.88. The fourth-order valence-electron chi connectivity index (χ4n) is 1.24. The first-order valence-electron chi connectivity index (χ1n) is 4.25. The first-order valence-corrected chi connectivity index (χ1v) is 5.13. The standard InChI is InChI=1S/C10H10N2OS/c1-11-10(13)12-8-2-3-9-7(6-8)4-5-14-9/h2-6H,1H3,(H2,11,12,13). The molecule has 0 aliphatic rings. The number of benzene rings is 1. The number of carbonyl (C=O) groups is 1. The Morgan fingerprint density at radius 3 is 3.00 bits per heavy atom. The first kappa shape index (κ1) is 9.02. The van der Waals surface area contributed by atoms with Crippen LogP contribution in [0, 0.1) is 0 Å². The summed E-state index contributed by atoms with van der Waals surface area (Å²) < 4.78 is 1.23. The van der Waals surface area contributed by atoms with E-state index < -0.39 is 0 Å². The van der Waals surface area contributed by atoms with Gasteiger partial charge in [-0.05, 0) is 35.0 Å². The van der Waals surface area contributed by atoms with E-state index in [1.54, 1.807) is 18.4 Å². The van der Waals surface area contributed by atoms with Crippen LogP contribution in [0.1, 0.15) is 0 Å². The van der Waals surface area contributed by atoms with Crippen molar-refractivity contribution in [2.45, 2.75) is 0 Å². The highest BCUT2D eigenvalue weighted by molar-refractivity contribution is 7.17. The maximum absolute atomic E-state index is 11.0. The zero-order valence-corrected chi connectivity index (χ0v) is 8.52. The van der Waals surface area contributed by atoms with Crippen LogP contribution in [-0.2, 0) is 0 Å². The highest BCUT2D eigenvalue weighted by atomic mass is 32.1. The SMILES string of the molecule is CNC(=O)Nc1ccc2sccc2c1. The van der Waals surface area contributed by atoms with Crippen LogP contribution >= 0.6 is 11.3 Å². The maximum atomic E-state index is 11.0. The Morgan fingerprint density at radius 2 is 2.21 bits per heavy atom. The van der Waals surface area contributed by atoms with E-state index in [4.69, 9.17) is 0 Å². The Kier molecular flexibility index (Phi) is 2.37. The van der Waals surface area contributed by atoms with Gasteiger partial charge in [-0.1, -0.05) is 0 Å². The van der Waals surface area contributed by atoms with Crippen molar-refractivity contribution in [2.75, 3.05) is 12.4 Å². The smallest absolute Gasteiger partial charge is 0.318 e. The second kappa shape index (κ2) is 3.67. The Balaban J connectivity index is 2.30. The molecular formula is C10H10N2OS. The quantitative estimate of drug-likeness (QED) is 0.740. The normalized spacial score (nSPS) is 10.1. The summed E-state index contributed by atoms with van der Waals surface area (Å²) in [6, 6.07) is 7.70. The third-order valence-corrected chi connectivity index (χ3v) is 2.84. The van der Waals surface area contributed by atoms with Gasteiger partial charge in [0.25, 0.3) is 0 Å². The zero-order valence-electron chi connectivity index (χ0n) is 7.70. The number of hydrogen-bond donors (Lipinski definition) is 2. The van der Waals surface area contributed by atoms with Crippen LogP contribution in [-0.4, -0.2) is 13.1 Å². The molecule has 2 rings (SSSR count). The zero-order chi connectivity index (χ0) is 9.97. The Hall–Kier alpha value is -1.55. The average Bonchev–Trinajstić information content (AvgIpc) is 2.64. The molecule has 2 N–H and O–H groups in total. The third kappa shape index (κ3) is 1.70. The van der Waals surface area contributed by atoms with Crippen LogP contribution in [0.3, 0.4) is 0 Å². The minimum Gasteiger partial charge on any atom is -0.341 e. The number of thiophene rings is 1. The summed E-state index contributed by atoms with van der Waals surface area (Å²) in [5.41, 5.74) is 0.815. The Morgan fingerprint density at radius 1 is 1.36 bits per heavy atom. The molecule has 0 saturated carbocycles. The van der Waals surface area contributed by atoms with E-state index in [1.807, 2.05) is 29.6 Å². The molecule has 0 spiro atoms. The van der Waals surface area contributed by atoms with Crippen molar-refractivity contribution in [2.24, 2.45) is 0 Å². The van der Waals surface area contributed by atoms with Gasteiger partial charge in [0, 0.05) is 17.4 Å². The summed E-state index contributed by atoms with van der Waals surface area (Å²) >= 11 is 1.69. The van der Waals surface area contributed by atoms with Gasteiger partial charge in [0.2, 0.25) is 0 Å². The minimum atomic E-state index is -0.195. The molecule has 0 radical (unpaired) electrons. The van der Waals surface area contributed by atoms with Crippen LogP contribution in [0.15, 0.2) is 29.6 Å². The third-order valence-electron chi connectivity index (χ3n) is 1.94. The van der Waals surface area contributed by atoms with Crippen molar-refractivity contribution < 1.29 is 4.79 Å². The summed E-state index contributed by atoms with van der Waals surface area (Å²) in [4.78, 5) is 11.0. The van der Waals surface area contributed by atoms with Crippen molar-refractivity contribution >= 4 is 33.1 Å². The van der Waals surface area contributed by atoms with E-state index >= 15 is 0 Å². The molecule has 0 atom stereocenters. The number of amides is 2. The summed E-state index contributed by atoms with van der Waals surface area (Å²) in [7, 11) is 1.60. The summed E-state index contributed by atoms with van der Waals surface area (Å²) in [5, 5.41) is 8.43. The molecule has 2 amide bonds. The topological polar surface area (TPSA) is 41.1 Å². The van der Waals surface area contributed by atoms with Gasteiger partial charge in [0.05, 0.1) is 0 Å². The van der Waals surface area contributed by atoms with E-state index in [-0.39, 0.29) is 6.03 Å². The second-order valence-corrected chi connectivity index (χ2v) is 3.83. The number of anilines is 1. The molecule has 1 aromatic carbocycles. The lowest BCUT2D eigenvalue weighted by Gasteiger charge is -2.03. The summed E-state index contributed by atoms with van der Waals surface area (Å²) in [6.07, 6.45) is 0. The minimum absolute atomic E-state index is 0.195. The number of urea groups is 1. The Bertz CT molecular complexity index is 464. The number of hydrogen-bond acceptors (Lipinski definition) is 2. The molecule has 3 nitrogen and oxygen atoms in total. The lowest BCUT2D eigenvalue weighted by Crippen LogP contribution is -2.24. The van der Waals surface area contributed by atoms with Crippen LogP contribution in [0.25, 0.3) is 10.1 Å². The van der Waals surface area contributed by atoms with Crippen LogP contribution < -0.4 is 10.6 Å².